The monoisotopic (exact) mass is 805 g/mol. The first-order valence-corrected chi connectivity index (χ1v) is 20.1. The molecule has 0 unspecified atom stereocenters. The van der Waals surface area contributed by atoms with E-state index >= 15 is 9.18 Å². The van der Waals surface area contributed by atoms with Crippen LogP contribution in [0.1, 0.15) is 62.0 Å². The Morgan fingerprint density at radius 2 is 1.30 bits per heavy atom. The number of carbonyl (C=O) groups excluding carboxylic acids is 2. The van der Waals surface area contributed by atoms with Gasteiger partial charge in [0.2, 0.25) is 11.6 Å². The summed E-state index contributed by atoms with van der Waals surface area (Å²) < 4.78 is 35.4. The van der Waals surface area contributed by atoms with Gasteiger partial charge in [-0.2, -0.15) is 0 Å². The Bertz CT molecular complexity index is 2540. The van der Waals surface area contributed by atoms with Crippen LogP contribution in [0.25, 0.3) is 5.76 Å². The van der Waals surface area contributed by atoms with Crippen LogP contribution in [0.4, 0.5) is 10.1 Å². The van der Waals surface area contributed by atoms with Crippen LogP contribution in [0.15, 0.2) is 137 Å². The summed E-state index contributed by atoms with van der Waals surface area (Å²) in [7, 11) is 3.52. The zero-order chi connectivity index (χ0) is 41.5. The van der Waals surface area contributed by atoms with E-state index in [-0.39, 0.29) is 65.7 Å². The van der Waals surface area contributed by atoms with Crippen LogP contribution in [-0.2, 0) is 37.5 Å². The van der Waals surface area contributed by atoms with E-state index in [4.69, 9.17) is 14.0 Å². The van der Waals surface area contributed by atoms with Gasteiger partial charge in [0.05, 0.1) is 17.3 Å². The van der Waals surface area contributed by atoms with E-state index in [0.717, 1.165) is 22.3 Å². The lowest BCUT2D eigenvalue weighted by molar-refractivity contribution is -0.142. The smallest absolute Gasteiger partial charge is 0.265 e. The molecular formula is C49H44FN3O7. The number of hydrogen-bond acceptors (Lipinski definition) is 10. The SMILES string of the molecule is CN(C)[C@@H]1c2onc(OCc3ccccc3)c2C(=O)[C@@]2(O)C(=O)C3=C(O)c4c(c(F)cc(N(Cc5ccccc5)Cc5ccccc5)c4OCc4ccccc4)C[C@H]3C[C@@H]12. The quantitative estimate of drug-likeness (QED) is 0.117. The number of benzene rings is 5. The van der Waals surface area contributed by atoms with Gasteiger partial charge in [-0.15, -0.1) is 0 Å². The van der Waals surface area contributed by atoms with Gasteiger partial charge in [-0.3, -0.25) is 14.5 Å². The van der Waals surface area contributed by atoms with Crippen LogP contribution in [-0.4, -0.2) is 51.5 Å². The Morgan fingerprint density at radius 3 is 1.85 bits per heavy atom. The van der Waals surface area contributed by atoms with E-state index in [0.29, 0.717) is 18.8 Å². The zero-order valence-corrected chi connectivity index (χ0v) is 33.3. The van der Waals surface area contributed by atoms with Crippen molar-refractivity contribution in [1.82, 2.24) is 10.1 Å². The lowest BCUT2D eigenvalue weighted by Gasteiger charge is -2.49. The summed E-state index contributed by atoms with van der Waals surface area (Å²) in [5.74, 6) is -4.49. The number of nitrogens with zero attached hydrogens (tertiary/aromatic N) is 3. The van der Waals surface area contributed by atoms with Crippen LogP contribution in [0.2, 0.25) is 0 Å². The number of aliphatic hydroxyl groups excluding tert-OH is 1. The number of ketones is 2. The zero-order valence-electron chi connectivity index (χ0n) is 33.3. The predicted octanol–water partition coefficient (Wildman–Crippen LogP) is 8.44. The van der Waals surface area contributed by atoms with Gasteiger partial charge in [0.15, 0.2) is 17.1 Å². The largest absolute Gasteiger partial charge is 0.507 e. The highest BCUT2D eigenvalue weighted by Gasteiger charge is 2.65. The number of Topliss-reactive ketones (excluding diaryl/α,β-unsaturated/α-hetero) is 2. The van der Waals surface area contributed by atoms with Crippen molar-refractivity contribution >= 4 is 23.0 Å². The first kappa shape index (κ1) is 38.9. The van der Waals surface area contributed by atoms with Crippen molar-refractivity contribution in [3.05, 3.63) is 183 Å². The minimum atomic E-state index is -2.62. The molecule has 0 saturated heterocycles. The van der Waals surface area contributed by atoms with E-state index in [1.807, 2.05) is 126 Å². The molecule has 0 amide bonds. The minimum Gasteiger partial charge on any atom is -0.507 e. The van der Waals surface area contributed by atoms with E-state index in [1.165, 1.54) is 6.07 Å². The molecule has 6 aromatic rings. The first-order valence-electron chi connectivity index (χ1n) is 20.1. The molecule has 0 aliphatic heterocycles. The number of anilines is 1. The number of aliphatic hydroxyl groups is 2. The molecule has 1 heterocycles. The van der Waals surface area contributed by atoms with Crippen molar-refractivity contribution in [2.75, 3.05) is 19.0 Å². The molecule has 3 aliphatic rings. The van der Waals surface area contributed by atoms with E-state index in [1.54, 1.807) is 19.0 Å². The van der Waals surface area contributed by atoms with Crippen molar-refractivity contribution < 1.29 is 38.2 Å². The summed E-state index contributed by atoms with van der Waals surface area (Å²) in [6, 6.07) is 39.0. The molecule has 10 nitrogen and oxygen atoms in total. The molecule has 0 radical (unpaired) electrons. The molecule has 1 fully saturated rings. The number of ether oxygens (including phenoxy) is 2. The van der Waals surface area contributed by atoms with Gasteiger partial charge >= 0.3 is 0 Å². The Kier molecular flexibility index (Phi) is 10.3. The second kappa shape index (κ2) is 15.9. The normalized spacial score (nSPS) is 20.6. The standard InChI is InChI=1S/C49H44FN3O7/c1-52(2)42-36-24-34-23-35-37(50)25-38(53(26-30-15-7-3-8-16-30)27-31-17-9-4-10-18-31)44(58-28-32-19-11-5-12-20-32)40(35)43(54)39(34)46(55)49(36,57)47(56)41-45(42)60-51-48(41)59-29-33-21-13-6-14-22-33/h3-22,25,34,36,42,54,57H,23-24,26-29H2,1-2H3/t34-,36-,42-,49-/m0/s1. The van der Waals surface area contributed by atoms with Gasteiger partial charge < -0.3 is 29.1 Å². The van der Waals surface area contributed by atoms with Crippen LogP contribution in [0.3, 0.4) is 0 Å². The molecule has 11 heteroatoms. The molecule has 4 atom stereocenters. The van der Waals surface area contributed by atoms with Crippen LogP contribution in [0, 0.1) is 17.7 Å². The Hall–Kier alpha value is -6.56. The molecule has 1 saturated carbocycles. The van der Waals surface area contributed by atoms with Gasteiger partial charge in [-0.25, -0.2) is 4.39 Å². The van der Waals surface area contributed by atoms with Crippen molar-refractivity contribution in [2.24, 2.45) is 11.8 Å². The maximum Gasteiger partial charge on any atom is 0.265 e. The van der Waals surface area contributed by atoms with E-state index in [2.05, 4.69) is 5.16 Å². The fourth-order valence-corrected chi connectivity index (χ4v) is 9.19. The molecule has 3 aliphatic carbocycles. The van der Waals surface area contributed by atoms with Crippen molar-refractivity contribution in [1.29, 1.82) is 0 Å². The molecule has 0 bridgehead atoms. The number of halogens is 1. The first-order chi connectivity index (χ1) is 29.1. The number of carbonyl (C=O) groups is 2. The lowest BCUT2D eigenvalue weighted by atomic mass is 9.57. The summed E-state index contributed by atoms with van der Waals surface area (Å²) in [4.78, 5) is 33.5. The molecular weight excluding hydrogens is 762 g/mol. The molecule has 0 spiro atoms. The number of fused-ring (bicyclic) bond motifs is 4. The van der Waals surface area contributed by atoms with E-state index < -0.39 is 46.6 Å². The second-order valence-corrected chi connectivity index (χ2v) is 16.0. The topological polar surface area (TPSA) is 126 Å². The van der Waals surface area contributed by atoms with E-state index in [9.17, 15) is 15.0 Å². The number of rotatable bonds is 12. The molecule has 5 aromatic carbocycles. The average molecular weight is 806 g/mol. The van der Waals surface area contributed by atoms with Crippen LogP contribution in [0.5, 0.6) is 11.6 Å². The van der Waals surface area contributed by atoms with Crippen molar-refractivity contribution in [2.45, 2.75) is 50.8 Å². The summed E-state index contributed by atoms with van der Waals surface area (Å²) in [6.07, 6.45) is 0.0762. The summed E-state index contributed by atoms with van der Waals surface area (Å²) in [5.41, 5.74) is 1.28. The maximum atomic E-state index is 17.0. The summed E-state index contributed by atoms with van der Waals surface area (Å²) in [5, 5.41) is 29.3. The van der Waals surface area contributed by atoms with Crippen molar-refractivity contribution in [3.63, 3.8) is 0 Å². The Morgan fingerprint density at radius 1 is 0.767 bits per heavy atom. The molecule has 60 heavy (non-hydrogen) atoms. The van der Waals surface area contributed by atoms with Crippen molar-refractivity contribution in [3.8, 4) is 11.6 Å². The second-order valence-electron chi connectivity index (χ2n) is 16.0. The maximum absolute atomic E-state index is 17.0. The lowest BCUT2D eigenvalue weighted by Crippen LogP contribution is -2.63. The Balaban J connectivity index is 1.17. The fourth-order valence-electron chi connectivity index (χ4n) is 9.19. The fraction of sp³-hybridized carbons (Fsp3) is 0.245. The van der Waals surface area contributed by atoms with Gasteiger partial charge in [0.1, 0.15) is 30.4 Å². The number of aromatic nitrogens is 1. The predicted molar refractivity (Wildman–Crippen MR) is 223 cm³/mol. The summed E-state index contributed by atoms with van der Waals surface area (Å²) >= 11 is 0. The number of hydrogen-bond donors (Lipinski definition) is 2. The average Bonchev–Trinajstić information content (AvgIpc) is 3.68. The third kappa shape index (κ3) is 6.83. The molecule has 1 aromatic heterocycles. The highest BCUT2D eigenvalue weighted by Crippen LogP contribution is 2.57. The Labute approximate surface area is 347 Å². The van der Waals surface area contributed by atoms with Gasteiger partial charge in [-0.05, 0) is 60.3 Å². The van der Waals surface area contributed by atoms with Gasteiger partial charge in [-0.1, -0.05) is 121 Å². The third-order valence-corrected chi connectivity index (χ3v) is 12.0. The molecule has 9 rings (SSSR count). The highest BCUT2D eigenvalue weighted by atomic mass is 19.1. The van der Waals surface area contributed by atoms with Crippen LogP contribution >= 0.6 is 0 Å². The molecule has 2 N–H and O–H groups in total. The van der Waals surface area contributed by atoms with Crippen LogP contribution < -0.4 is 14.4 Å². The minimum absolute atomic E-state index is 0.0151. The highest BCUT2D eigenvalue weighted by molar-refractivity contribution is 6.26. The van der Waals surface area contributed by atoms with Gasteiger partial charge in [0, 0.05) is 36.2 Å². The summed E-state index contributed by atoms with van der Waals surface area (Å²) in [6.45, 7) is 0.872. The molecule has 304 valence electrons. The van der Waals surface area contributed by atoms with Gasteiger partial charge in [0.25, 0.3) is 5.88 Å². The third-order valence-electron chi connectivity index (χ3n) is 12.0.